The molecule has 1 aromatic heterocycles. The van der Waals surface area contributed by atoms with Crippen molar-refractivity contribution in [2.24, 2.45) is 0 Å². The molecule has 0 unspecified atom stereocenters. The van der Waals surface area contributed by atoms with E-state index in [9.17, 15) is 0 Å². The van der Waals surface area contributed by atoms with Crippen molar-refractivity contribution in [1.82, 2.24) is 9.97 Å². The van der Waals surface area contributed by atoms with Gasteiger partial charge in [0.05, 0.1) is 15.9 Å². The Balaban J connectivity index is 2.10. The first-order chi connectivity index (χ1) is 9.56. The Kier molecular flexibility index (Phi) is 3.54. The Bertz CT molecular complexity index is 670. The normalized spacial score (nSPS) is 13.4. The van der Waals surface area contributed by atoms with E-state index in [1.807, 2.05) is 12.1 Å². The molecule has 4 nitrogen and oxygen atoms in total. The molecule has 2 heterocycles. The summed E-state index contributed by atoms with van der Waals surface area (Å²) >= 11 is 2.22. The number of nitrogens with zero attached hydrogens (tertiary/aromatic N) is 2. The lowest BCUT2D eigenvalue weighted by Gasteiger charge is -2.12. The summed E-state index contributed by atoms with van der Waals surface area (Å²) in [6.45, 7) is 4.99. The Morgan fingerprint density at radius 3 is 2.85 bits per heavy atom. The van der Waals surface area contributed by atoms with Crippen LogP contribution in [0, 0.1) is 3.57 Å². The molecular formula is C15H16IN3O. The lowest BCUT2D eigenvalue weighted by Crippen LogP contribution is -2.06. The molecule has 0 atom stereocenters. The van der Waals surface area contributed by atoms with Gasteiger partial charge in [-0.3, -0.25) is 0 Å². The summed E-state index contributed by atoms with van der Waals surface area (Å²) in [5, 5.41) is 0. The average molecular weight is 381 g/mol. The molecule has 2 N–H and O–H groups in total. The number of anilines is 1. The monoisotopic (exact) mass is 381 g/mol. The van der Waals surface area contributed by atoms with Gasteiger partial charge in [-0.25, -0.2) is 9.97 Å². The summed E-state index contributed by atoms with van der Waals surface area (Å²) in [5.41, 5.74) is 9.25. The van der Waals surface area contributed by atoms with Crippen LogP contribution < -0.4 is 10.5 Å². The lowest BCUT2D eigenvalue weighted by atomic mass is 10.1. The van der Waals surface area contributed by atoms with Gasteiger partial charge in [0, 0.05) is 12.0 Å². The molecule has 0 radical (unpaired) electrons. The van der Waals surface area contributed by atoms with Crippen LogP contribution in [-0.4, -0.2) is 16.6 Å². The molecule has 1 aliphatic rings. The van der Waals surface area contributed by atoms with Crippen LogP contribution in [0.25, 0.3) is 11.4 Å². The van der Waals surface area contributed by atoms with Crippen LogP contribution in [0.3, 0.4) is 0 Å². The zero-order chi connectivity index (χ0) is 14.3. The number of nitrogen functional groups attached to an aromatic ring is 1. The van der Waals surface area contributed by atoms with Crippen LogP contribution in [0.15, 0.2) is 18.2 Å². The maximum Gasteiger partial charge on any atom is 0.161 e. The van der Waals surface area contributed by atoms with Crippen molar-refractivity contribution < 1.29 is 4.74 Å². The average Bonchev–Trinajstić information content (AvgIpc) is 2.88. The molecule has 1 aliphatic heterocycles. The third-order valence-corrected chi connectivity index (χ3v) is 4.50. The molecule has 1 aromatic carbocycles. The fourth-order valence-corrected chi connectivity index (χ4v) is 3.18. The Morgan fingerprint density at radius 1 is 1.30 bits per heavy atom. The summed E-state index contributed by atoms with van der Waals surface area (Å²) in [5.74, 6) is 2.54. The van der Waals surface area contributed by atoms with Crippen molar-refractivity contribution in [3.05, 3.63) is 33.0 Å². The van der Waals surface area contributed by atoms with E-state index in [0.29, 0.717) is 17.6 Å². The van der Waals surface area contributed by atoms with E-state index in [1.54, 1.807) is 0 Å². The van der Waals surface area contributed by atoms with Gasteiger partial charge in [-0.1, -0.05) is 13.8 Å². The molecule has 0 fully saturated rings. The van der Waals surface area contributed by atoms with E-state index in [-0.39, 0.29) is 0 Å². The molecule has 0 saturated heterocycles. The number of fused-ring (bicyclic) bond motifs is 1. The minimum Gasteiger partial charge on any atom is -0.493 e. The van der Waals surface area contributed by atoms with Gasteiger partial charge >= 0.3 is 0 Å². The second-order valence-electron chi connectivity index (χ2n) is 5.21. The second kappa shape index (κ2) is 5.20. The van der Waals surface area contributed by atoms with Gasteiger partial charge in [0.25, 0.3) is 0 Å². The Labute approximate surface area is 131 Å². The van der Waals surface area contributed by atoms with Crippen molar-refractivity contribution in [2.75, 3.05) is 12.3 Å². The fourth-order valence-electron chi connectivity index (χ4n) is 2.32. The number of aromatic nitrogens is 2. The highest BCUT2D eigenvalue weighted by atomic mass is 127. The van der Waals surface area contributed by atoms with E-state index in [2.05, 4.69) is 52.5 Å². The highest BCUT2D eigenvalue weighted by Gasteiger charge is 2.17. The Morgan fingerprint density at radius 2 is 2.10 bits per heavy atom. The predicted octanol–water partition coefficient (Wildman–Crippen LogP) is 3.39. The molecule has 3 rings (SSSR count). The SMILES string of the molecule is CC(C)c1nc(-c2ccc3c(c2)CCO3)nc(N)c1I. The Hall–Kier alpha value is -1.37. The lowest BCUT2D eigenvalue weighted by molar-refractivity contribution is 0.357. The largest absolute Gasteiger partial charge is 0.493 e. The molecular weight excluding hydrogens is 365 g/mol. The number of nitrogens with two attached hydrogens (primary N) is 1. The summed E-state index contributed by atoms with van der Waals surface area (Å²) in [6.07, 6.45) is 0.945. The van der Waals surface area contributed by atoms with Crippen LogP contribution in [0.5, 0.6) is 5.75 Å². The molecule has 0 spiro atoms. The van der Waals surface area contributed by atoms with Gasteiger partial charge in [-0.05, 0) is 52.3 Å². The number of hydrogen-bond acceptors (Lipinski definition) is 4. The van der Waals surface area contributed by atoms with Gasteiger partial charge in [0.15, 0.2) is 5.82 Å². The third kappa shape index (κ3) is 2.34. The molecule has 0 aliphatic carbocycles. The van der Waals surface area contributed by atoms with Crippen molar-refractivity contribution in [3.8, 4) is 17.1 Å². The fraction of sp³-hybridized carbons (Fsp3) is 0.333. The zero-order valence-electron chi connectivity index (χ0n) is 11.5. The maximum absolute atomic E-state index is 6.03. The first kappa shape index (κ1) is 13.6. The number of rotatable bonds is 2. The van der Waals surface area contributed by atoms with Crippen molar-refractivity contribution in [1.29, 1.82) is 0 Å². The van der Waals surface area contributed by atoms with E-state index < -0.39 is 0 Å². The number of benzene rings is 1. The standard InChI is InChI=1S/C15H16IN3O/c1-8(2)13-12(16)14(17)19-15(18-13)10-3-4-11-9(7-10)5-6-20-11/h3-4,7-8H,5-6H2,1-2H3,(H2,17,18,19). The van der Waals surface area contributed by atoms with Gasteiger partial charge in [0.2, 0.25) is 0 Å². The molecule has 104 valence electrons. The molecule has 0 bridgehead atoms. The molecule has 0 saturated carbocycles. The van der Waals surface area contributed by atoms with E-state index in [0.717, 1.165) is 33.6 Å². The minimum absolute atomic E-state index is 0.323. The van der Waals surface area contributed by atoms with Gasteiger partial charge in [0.1, 0.15) is 11.6 Å². The number of halogens is 1. The summed E-state index contributed by atoms with van der Waals surface area (Å²) in [4.78, 5) is 9.12. The molecule has 2 aromatic rings. The quantitative estimate of drug-likeness (QED) is 0.811. The van der Waals surface area contributed by atoms with Gasteiger partial charge < -0.3 is 10.5 Å². The third-order valence-electron chi connectivity index (χ3n) is 3.40. The second-order valence-corrected chi connectivity index (χ2v) is 6.29. The zero-order valence-corrected chi connectivity index (χ0v) is 13.6. The first-order valence-electron chi connectivity index (χ1n) is 6.65. The van der Waals surface area contributed by atoms with Crippen LogP contribution in [-0.2, 0) is 6.42 Å². The topological polar surface area (TPSA) is 61.0 Å². The van der Waals surface area contributed by atoms with Crippen molar-refractivity contribution in [2.45, 2.75) is 26.2 Å². The highest BCUT2D eigenvalue weighted by Crippen LogP contribution is 2.31. The highest BCUT2D eigenvalue weighted by molar-refractivity contribution is 14.1. The summed E-state index contributed by atoms with van der Waals surface area (Å²) < 4.78 is 6.48. The van der Waals surface area contributed by atoms with Crippen LogP contribution in [0.4, 0.5) is 5.82 Å². The van der Waals surface area contributed by atoms with Crippen LogP contribution in [0.2, 0.25) is 0 Å². The summed E-state index contributed by atoms with van der Waals surface area (Å²) in [6, 6.07) is 6.09. The van der Waals surface area contributed by atoms with E-state index >= 15 is 0 Å². The predicted molar refractivity (Wildman–Crippen MR) is 87.9 cm³/mol. The molecule has 20 heavy (non-hydrogen) atoms. The summed E-state index contributed by atoms with van der Waals surface area (Å²) in [7, 11) is 0. The van der Waals surface area contributed by atoms with E-state index in [4.69, 9.17) is 10.5 Å². The molecule has 0 amide bonds. The molecule has 5 heteroatoms. The number of hydrogen-bond donors (Lipinski definition) is 1. The van der Waals surface area contributed by atoms with Crippen LogP contribution >= 0.6 is 22.6 Å². The minimum atomic E-state index is 0.323. The van der Waals surface area contributed by atoms with Gasteiger partial charge in [-0.15, -0.1) is 0 Å². The smallest absolute Gasteiger partial charge is 0.161 e. The van der Waals surface area contributed by atoms with E-state index in [1.165, 1.54) is 5.56 Å². The van der Waals surface area contributed by atoms with Gasteiger partial charge in [-0.2, -0.15) is 0 Å². The van der Waals surface area contributed by atoms with Crippen molar-refractivity contribution in [3.63, 3.8) is 0 Å². The number of ether oxygens (including phenoxy) is 1. The maximum atomic E-state index is 6.03. The first-order valence-corrected chi connectivity index (χ1v) is 7.73. The van der Waals surface area contributed by atoms with Crippen molar-refractivity contribution >= 4 is 28.4 Å². The van der Waals surface area contributed by atoms with Crippen LogP contribution in [0.1, 0.15) is 31.0 Å².